The molecule has 2 aliphatic rings. The third-order valence-corrected chi connectivity index (χ3v) is 4.95. The molecule has 5 nitrogen and oxygen atoms in total. The average molecular weight is 314 g/mol. The highest BCUT2D eigenvalue weighted by Crippen LogP contribution is 2.40. The molecule has 22 heavy (non-hydrogen) atoms. The summed E-state index contributed by atoms with van der Waals surface area (Å²) in [6.45, 7) is 0. The molecule has 0 spiro atoms. The van der Waals surface area contributed by atoms with Crippen LogP contribution in [0, 0.1) is 0 Å². The van der Waals surface area contributed by atoms with Gasteiger partial charge < -0.3 is 5.32 Å². The highest BCUT2D eigenvalue weighted by Gasteiger charge is 2.31. The van der Waals surface area contributed by atoms with E-state index in [2.05, 4.69) is 38.7 Å². The monoisotopic (exact) mass is 314 g/mol. The van der Waals surface area contributed by atoms with Gasteiger partial charge in [-0.25, -0.2) is 15.8 Å². The van der Waals surface area contributed by atoms with E-state index >= 15 is 0 Å². The predicted octanol–water partition coefficient (Wildman–Crippen LogP) is 2.57. The first-order chi connectivity index (χ1) is 10.8. The fourth-order valence-corrected chi connectivity index (χ4v) is 3.53. The Bertz CT molecular complexity index is 668. The molecule has 6 heteroatoms. The van der Waals surface area contributed by atoms with Crippen molar-refractivity contribution in [3.05, 3.63) is 47.0 Å². The maximum absolute atomic E-state index is 12.3. The molecule has 2 aromatic rings. The largest absolute Gasteiger partial charge is 0.301 e. The quantitative estimate of drug-likeness (QED) is 0.811. The Hall–Kier alpha value is -1.76. The zero-order chi connectivity index (χ0) is 14.9. The van der Waals surface area contributed by atoms with Crippen molar-refractivity contribution in [2.24, 2.45) is 0 Å². The number of nitrogens with one attached hydrogen (secondary N) is 3. The Morgan fingerprint density at radius 1 is 1.23 bits per heavy atom. The lowest BCUT2D eigenvalue weighted by atomic mass is 10.0. The Balaban J connectivity index is 1.36. The van der Waals surface area contributed by atoms with Crippen LogP contribution in [0.4, 0.5) is 5.13 Å². The van der Waals surface area contributed by atoms with E-state index in [0.717, 1.165) is 12.1 Å². The molecule has 1 aromatic carbocycles. The molecule has 0 bridgehead atoms. The van der Waals surface area contributed by atoms with Gasteiger partial charge >= 0.3 is 0 Å². The number of carbonyl (C=O) groups excluding carboxylic acids is 1. The van der Waals surface area contributed by atoms with Gasteiger partial charge in [0, 0.05) is 17.3 Å². The van der Waals surface area contributed by atoms with Crippen LogP contribution in [-0.4, -0.2) is 16.9 Å². The topological polar surface area (TPSA) is 66.0 Å². The van der Waals surface area contributed by atoms with Gasteiger partial charge in [0.15, 0.2) is 5.13 Å². The van der Waals surface area contributed by atoms with Crippen LogP contribution in [0.5, 0.6) is 0 Å². The summed E-state index contributed by atoms with van der Waals surface area (Å²) in [4.78, 5) is 16.8. The second-order valence-corrected chi connectivity index (χ2v) is 6.74. The molecule has 0 radical (unpaired) electrons. The fourth-order valence-electron chi connectivity index (χ4n) is 2.73. The molecular formula is C16H18N4OS. The van der Waals surface area contributed by atoms with Gasteiger partial charge in [0.25, 0.3) is 0 Å². The summed E-state index contributed by atoms with van der Waals surface area (Å²) in [7, 11) is 0. The zero-order valence-electron chi connectivity index (χ0n) is 12.1. The second-order valence-electron chi connectivity index (χ2n) is 5.88. The maximum Gasteiger partial charge on any atom is 0.244 e. The average Bonchev–Trinajstić information content (AvgIpc) is 3.10. The van der Waals surface area contributed by atoms with Crippen LogP contribution in [-0.2, 0) is 4.79 Å². The molecule has 1 saturated carbocycles. The summed E-state index contributed by atoms with van der Waals surface area (Å²) in [6.07, 6.45) is 3.19. The van der Waals surface area contributed by atoms with Gasteiger partial charge in [-0.1, -0.05) is 30.3 Å². The number of thiazole rings is 1. The molecule has 1 aromatic heterocycles. The van der Waals surface area contributed by atoms with E-state index in [0.29, 0.717) is 11.0 Å². The molecule has 2 heterocycles. The Kier molecular flexibility index (Phi) is 3.65. The Labute approximate surface area is 133 Å². The molecule has 1 saturated heterocycles. The van der Waals surface area contributed by atoms with E-state index < -0.39 is 0 Å². The van der Waals surface area contributed by atoms with Gasteiger partial charge in [-0.2, -0.15) is 0 Å². The van der Waals surface area contributed by atoms with Gasteiger partial charge in [-0.05, 0) is 24.8 Å². The van der Waals surface area contributed by atoms with Crippen molar-refractivity contribution in [1.82, 2.24) is 15.8 Å². The van der Waals surface area contributed by atoms with Gasteiger partial charge in [0.1, 0.15) is 6.04 Å². The van der Waals surface area contributed by atoms with Crippen LogP contribution in [0.3, 0.4) is 0 Å². The van der Waals surface area contributed by atoms with E-state index in [9.17, 15) is 4.79 Å². The van der Waals surface area contributed by atoms with Crippen molar-refractivity contribution in [3.8, 4) is 0 Å². The van der Waals surface area contributed by atoms with Crippen molar-refractivity contribution >= 4 is 22.4 Å². The molecular weight excluding hydrogens is 296 g/mol. The minimum atomic E-state index is -0.238. The number of nitrogens with zero attached hydrogens (tertiary/aromatic N) is 1. The molecule has 3 N–H and O–H groups in total. The van der Waals surface area contributed by atoms with Crippen LogP contribution in [0.1, 0.15) is 42.5 Å². The van der Waals surface area contributed by atoms with Crippen LogP contribution in [0.2, 0.25) is 0 Å². The van der Waals surface area contributed by atoms with E-state index in [1.54, 1.807) is 0 Å². The van der Waals surface area contributed by atoms with Crippen LogP contribution >= 0.6 is 11.3 Å². The normalized spacial score (nSPS) is 24.4. The van der Waals surface area contributed by atoms with Crippen molar-refractivity contribution in [2.45, 2.75) is 37.3 Å². The molecule has 2 fully saturated rings. The zero-order valence-corrected chi connectivity index (χ0v) is 12.9. The van der Waals surface area contributed by atoms with E-state index in [-0.39, 0.29) is 18.0 Å². The van der Waals surface area contributed by atoms with Gasteiger partial charge in [0.05, 0.1) is 5.69 Å². The number of hydrazine groups is 1. The summed E-state index contributed by atoms with van der Waals surface area (Å²) in [5.74, 6) is 0.596. The highest BCUT2D eigenvalue weighted by atomic mass is 32.1. The minimum absolute atomic E-state index is 0.0253. The maximum atomic E-state index is 12.3. The Morgan fingerprint density at radius 3 is 2.82 bits per heavy atom. The molecule has 1 amide bonds. The standard InChI is InChI=1S/C16H18N4OS/c21-15(18-16-17-14(9-22-16)11-6-7-11)13-8-12(19-20-13)10-4-2-1-3-5-10/h1-5,9,11-13,19-20H,6-8H2,(H,17,18,21). The van der Waals surface area contributed by atoms with E-state index in [1.165, 1.54) is 29.7 Å². The smallest absolute Gasteiger partial charge is 0.244 e. The Morgan fingerprint density at radius 2 is 2.05 bits per heavy atom. The van der Waals surface area contributed by atoms with Gasteiger partial charge in [0.2, 0.25) is 5.91 Å². The van der Waals surface area contributed by atoms with E-state index in [4.69, 9.17) is 0 Å². The summed E-state index contributed by atoms with van der Waals surface area (Å²) >= 11 is 1.51. The SMILES string of the molecule is O=C(Nc1nc(C2CC2)cs1)C1CC(c2ccccc2)NN1. The summed E-state index contributed by atoms with van der Waals surface area (Å²) in [5, 5.41) is 5.69. The van der Waals surface area contributed by atoms with Crippen molar-refractivity contribution in [2.75, 3.05) is 5.32 Å². The summed E-state index contributed by atoms with van der Waals surface area (Å²) < 4.78 is 0. The number of anilines is 1. The second kappa shape index (κ2) is 5.79. The van der Waals surface area contributed by atoms with Crippen LogP contribution < -0.4 is 16.2 Å². The lowest BCUT2D eigenvalue weighted by molar-refractivity contribution is -0.117. The molecule has 2 unspecified atom stereocenters. The summed E-state index contributed by atoms with van der Waals surface area (Å²) in [5.41, 5.74) is 8.59. The third kappa shape index (κ3) is 2.90. The number of aromatic nitrogens is 1. The number of hydrogen-bond donors (Lipinski definition) is 3. The number of rotatable bonds is 4. The lowest BCUT2D eigenvalue weighted by Crippen LogP contribution is -2.39. The van der Waals surface area contributed by atoms with Crippen LogP contribution in [0.25, 0.3) is 0 Å². The molecule has 114 valence electrons. The molecule has 1 aliphatic heterocycles. The van der Waals surface area contributed by atoms with E-state index in [1.807, 2.05) is 18.2 Å². The summed E-state index contributed by atoms with van der Waals surface area (Å²) in [6, 6.07) is 10.1. The van der Waals surface area contributed by atoms with Crippen molar-refractivity contribution in [1.29, 1.82) is 0 Å². The van der Waals surface area contributed by atoms with Gasteiger partial charge in [-0.15, -0.1) is 11.3 Å². The third-order valence-electron chi connectivity index (χ3n) is 4.17. The van der Waals surface area contributed by atoms with Crippen molar-refractivity contribution < 1.29 is 4.79 Å². The predicted molar refractivity (Wildman–Crippen MR) is 86.6 cm³/mol. The fraction of sp³-hybridized carbons (Fsp3) is 0.375. The number of benzene rings is 1. The first-order valence-corrected chi connectivity index (χ1v) is 8.50. The number of amides is 1. The number of hydrogen-bond acceptors (Lipinski definition) is 5. The highest BCUT2D eigenvalue weighted by molar-refractivity contribution is 7.13. The van der Waals surface area contributed by atoms with Crippen LogP contribution in [0.15, 0.2) is 35.7 Å². The van der Waals surface area contributed by atoms with Gasteiger partial charge in [-0.3, -0.25) is 4.79 Å². The lowest BCUT2D eigenvalue weighted by Gasteiger charge is -2.09. The minimum Gasteiger partial charge on any atom is -0.301 e. The number of carbonyl (C=O) groups is 1. The molecule has 1 aliphatic carbocycles. The first-order valence-electron chi connectivity index (χ1n) is 7.62. The van der Waals surface area contributed by atoms with Crippen molar-refractivity contribution in [3.63, 3.8) is 0 Å². The molecule has 4 rings (SSSR count). The molecule has 2 atom stereocenters. The first kappa shape index (κ1) is 13.9.